The van der Waals surface area contributed by atoms with Crippen LogP contribution in [0, 0.1) is 16.7 Å². The van der Waals surface area contributed by atoms with Crippen LogP contribution in [0.5, 0.6) is 0 Å². The Kier molecular flexibility index (Phi) is 3.19. The Morgan fingerprint density at radius 3 is 2.47 bits per heavy atom. The van der Waals surface area contributed by atoms with E-state index in [1.165, 1.54) is 0 Å². The van der Waals surface area contributed by atoms with Gasteiger partial charge in [0.25, 0.3) is 0 Å². The molecule has 19 heavy (non-hydrogen) atoms. The molecule has 1 saturated heterocycles. The van der Waals surface area contributed by atoms with Crippen LogP contribution in [0.15, 0.2) is 0 Å². The standard InChI is InChI=1S/C11H15Cl2NO4S/c12-4-11(5-13)8-1-2-10(11,9(15)3-8)6-19(16,17)14-7-18-14/h8H,1-7H2/t8?,10-,14?/m0/s1. The van der Waals surface area contributed by atoms with E-state index < -0.39 is 20.9 Å². The van der Waals surface area contributed by atoms with E-state index in [4.69, 9.17) is 28.0 Å². The summed E-state index contributed by atoms with van der Waals surface area (Å²) >= 11 is 12.2. The molecule has 0 aromatic rings. The molecule has 2 bridgehead atoms. The van der Waals surface area contributed by atoms with Crippen molar-refractivity contribution in [2.75, 3.05) is 24.2 Å². The van der Waals surface area contributed by atoms with Crippen LogP contribution in [0.2, 0.25) is 0 Å². The van der Waals surface area contributed by atoms with Gasteiger partial charge in [0.2, 0.25) is 10.0 Å². The summed E-state index contributed by atoms with van der Waals surface area (Å²) in [5.41, 5.74) is -1.51. The van der Waals surface area contributed by atoms with Gasteiger partial charge in [0, 0.05) is 23.6 Å². The van der Waals surface area contributed by atoms with Gasteiger partial charge in [0.15, 0.2) is 6.73 Å². The lowest BCUT2D eigenvalue weighted by atomic mass is 9.70. The molecule has 3 aliphatic rings. The first-order valence-corrected chi connectivity index (χ1v) is 8.88. The second-order valence-corrected chi connectivity index (χ2v) is 8.08. The third kappa shape index (κ3) is 1.73. The second-order valence-electron chi connectivity index (χ2n) is 5.69. The SMILES string of the molecule is O=C1CC2CC[C@@]1(CS(=O)(=O)N1CO1)C2(CCl)CCl. The van der Waals surface area contributed by atoms with Gasteiger partial charge in [-0.05, 0) is 18.8 Å². The number of fused-ring (bicyclic) bond motifs is 2. The van der Waals surface area contributed by atoms with Crippen molar-refractivity contribution in [3.05, 3.63) is 0 Å². The molecular formula is C11H15Cl2NO4S. The number of Topliss-reactive ketones (excluding diaryl/α,β-unsaturated/α-hetero) is 1. The Morgan fingerprint density at radius 1 is 1.37 bits per heavy atom. The third-order valence-corrected chi connectivity index (χ3v) is 7.71. The Balaban J connectivity index is 2.01. The number of hydrogen-bond donors (Lipinski definition) is 0. The van der Waals surface area contributed by atoms with Gasteiger partial charge in [-0.15, -0.1) is 23.2 Å². The van der Waals surface area contributed by atoms with Gasteiger partial charge in [0.1, 0.15) is 5.78 Å². The largest absolute Gasteiger partial charge is 0.299 e. The van der Waals surface area contributed by atoms with Crippen molar-refractivity contribution < 1.29 is 18.0 Å². The molecule has 1 aliphatic heterocycles. The lowest BCUT2D eigenvalue weighted by molar-refractivity contribution is -0.127. The maximum Gasteiger partial charge on any atom is 0.239 e. The third-order valence-electron chi connectivity index (χ3n) is 5.07. The number of carbonyl (C=O) groups excluding carboxylic acids is 1. The number of carbonyl (C=O) groups is 1. The Hall–Kier alpha value is 0.120. The molecule has 0 amide bonds. The van der Waals surface area contributed by atoms with E-state index in [-0.39, 0.29) is 35.9 Å². The number of halogens is 2. The minimum absolute atomic E-state index is 0.00419. The number of nitrogens with zero attached hydrogens (tertiary/aromatic N) is 1. The van der Waals surface area contributed by atoms with Crippen molar-refractivity contribution in [2.45, 2.75) is 19.3 Å². The highest BCUT2D eigenvalue weighted by Gasteiger charge is 2.69. The molecule has 2 aliphatic carbocycles. The van der Waals surface area contributed by atoms with Gasteiger partial charge in [-0.25, -0.2) is 8.42 Å². The second kappa shape index (κ2) is 4.31. The Morgan fingerprint density at radius 2 is 2.00 bits per heavy atom. The van der Waals surface area contributed by atoms with E-state index >= 15 is 0 Å². The fraction of sp³-hybridized carbons (Fsp3) is 0.909. The zero-order chi connectivity index (χ0) is 13.9. The fourth-order valence-corrected chi connectivity index (χ4v) is 6.81. The first-order valence-electron chi connectivity index (χ1n) is 6.20. The smallest absolute Gasteiger partial charge is 0.239 e. The maximum atomic E-state index is 12.4. The molecule has 2 unspecified atom stereocenters. The number of sulfonamides is 1. The lowest BCUT2D eigenvalue weighted by Gasteiger charge is -2.39. The topological polar surface area (TPSA) is 66.8 Å². The monoisotopic (exact) mass is 327 g/mol. The summed E-state index contributed by atoms with van der Waals surface area (Å²) in [4.78, 5) is 17.1. The highest BCUT2D eigenvalue weighted by atomic mass is 35.5. The van der Waals surface area contributed by atoms with Crippen molar-refractivity contribution in [3.8, 4) is 0 Å². The summed E-state index contributed by atoms with van der Waals surface area (Å²) in [6.45, 7) is 0.0742. The molecule has 0 radical (unpaired) electrons. The molecule has 8 heteroatoms. The van der Waals surface area contributed by atoms with Crippen LogP contribution in [0.1, 0.15) is 19.3 Å². The fourth-order valence-electron chi connectivity index (χ4n) is 3.84. The summed E-state index contributed by atoms with van der Waals surface area (Å²) in [5.74, 6) is 0.331. The van der Waals surface area contributed by atoms with Gasteiger partial charge in [0.05, 0.1) is 11.2 Å². The van der Waals surface area contributed by atoms with E-state index in [2.05, 4.69) is 0 Å². The first kappa shape index (κ1) is 14.1. The van der Waals surface area contributed by atoms with Gasteiger partial charge >= 0.3 is 0 Å². The molecular weight excluding hydrogens is 313 g/mol. The highest BCUT2D eigenvalue weighted by molar-refractivity contribution is 7.89. The molecule has 0 N–H and O–H groups in total. The van der Waals surface area contributed by atoms with Crippen LogP contribution in [0.3, 0.4) is 0 Å². The summed E-state index contributed by atoms with van der Waals surface area (Å²) in [6, 6.07) is 0. The zero-order valence-electron chi connectivity index (χ0n) is 10.3. The molecule has 5 nitrogen and oxygen atoms in total. The van der Waals surface area contributed by atoms with E-state index in [0.29, 0.717) is 12.8 Å². The van der Waals surface area contributed by atoms with Crippen molar-refractivity contribution in [2.24, 2.45) is 16.7 Å². The maximum absolute atomic E-state index is 12.4. The molecule has 3 rings (SSSR count). The molecule has 3 atom stereocenters. The molecule has 108 valence electrons. The van der Waals surface area contributed by atoms with Gasteiger partial charge in [-0.2, -0.15) is 0 Å². The summed E-state index contributed by atoms with van der Waals surface area (Å²) in [7, 11) is -3.57. The van der Waals surface area contributed by atoms with E-state index in [9.17, 15) is 13.2 Å². The van der Waals surface area contributed by atoms with Crippen molar-refractivity contribution in [1.29, 1.82) is 0 Å². The van der Waals surface area contributed by atoms with Crippen LogP contribution in [-0.2, 0) is 19.7 Å². The molecule has 3 fully saturated rings. The normalized spacial score (nSPS) is 39.8. The van der Waals surface area contributed by atoms with Gasteiger partial charge in [-0.3, -0.25) is 9.63 Å². The number of hydrogen-bond acceptors (Lipinski definition) is 4. The summed E-state index contributed by atoms with van der Waals surface area (Å²) in [6.07, 6.45) is 1.78. The molecule has 0 aromatic heterocycles. The van der Waals surface area contributed by atoms with Crippen molar-refractivity contribution in [1.82, 2.24) is 4.47 Å². The average Bonchev–Trinajstić information content (AvgIpc) is 3.14. The quantitative estimate of drug-likeness (QED) is 0.564. The van der Waals surface area contributed by atoms with E-state index in [1.807, 2.05) is 0 Å². The van der Waals surface area contributed by atoms with Crippen LogP contribution < -0.4 is 0 Å². The number of alkyl halides is 2. The molecule has 0 spiro atoms. The summed E-state index contributed by atoms with van der Waals surface area (Å²) < 4.78 is 25.2. The predicted octanol–water partition coefficient (Wildman–Crippen LogP) is 1.35. The first-order chi connectivity index (χ1) is 8.92. The van der Waals surface area contributed by atoms with E-state index in [1.54, 1.807) is 0 Å². The van der Waals surface area contributed by atoms with Crippen molar-refractivity contribution in [3.63, 3.8) is 0 Å². The molecule has 0 aromatic carbocycles. The van der Waals surface area contributed by atoms with Crippen molar-refractivity contribution >= 4 is 39.0 Å². The van der Waals surface area contributed by atoms with Crippen LogP contribution >= 0.6 is 23.2 Å². The van der Waals surface area contributed by atoms with Gasteiger partial charge in [-0.1, -0.05) is 4.47 Å². The minimum Gasteiger partial charge on any atom is -0.299 e. The van der Waals surface area contributed by atoms with Crippen LogP contribution in [0.4, 0.5) is 0 Å². The minimum atomic E-state index is -3.57. The zero-order valence-corrected chi connectivity index (χ0v) is 12.6. The predicted molar refractivity (Wildman–Crippen MR) is 70.2 cm³/mol. The number of hydroxylamine groups is 1. The summed E-state index contributed by atoms with van der Waals surface area (Å²) in [5, 5.41) is 0. The molecule has 2 saturated carbocycles. The average molecular weight is 328 g/mol. The molecule has 1 heterocycles. The lowest BCUT2D eigenvalue weighted by Crippen LogP contribution is -2.48. The number of ketones is 1. The van der Waals surface area contributed by atoms with Gasteiger partial charge < -0.3 is 0 Å². The van der Waals surface area contributed by atoms with Crippen LogP contribution in [0.25, 0.3) is 0 Å². The van der Waals surface area contributed by atoms with E-state index in [0.717, 1.165) is 10.9 Å². The van der Waals surface area contributed by atoms with Crippen LogP contribution in [-0.4, -0.2) is 42.9 Å². The highest BCUT2D eigenvalue weighted by Crippen LogP contribution is 2.65. The Bertz CT molecular complexity index is 515. The Labute approximate surface area is 122 Å². The number of rotatable bonds is 5.